The van der Waals surface area contributed by atoms with Gasteiger partial charge in [0.25, 0.3) is 5.89 Å². The van der Waals surface area contributed by atoms with Crippen molar-refractivity contribution in [3.8, 4) is 11.5 Å². The lowest BCUT2D eigenvalue weighted by Crippen LogP contribution is -2.04. The summed E-state index contributed by atoms with van der Waals surface area (Å²) in [6.45, 7) is 0. The number of rotatable bonds is 10. The van der Waals surface area contributed by atoms with Gasteiger partial charge < -0.3 is 14.4 Å². The molecule has 3 rings (SSSR count). The number of aliphatic hydroxyl groups excluding tert-OH is 1. The number of methoxy groups -OCH3 is 1. The summed E-state index contributed by atoms with van der Waals surface area (Å²) in [6.07, 6.45) is 4.98. The largest absolute Gasteiger partial charge is 0.464 e. The molecule has 7 heteroatoms. The second-order valence-corrected chi connectivity index (χ2v) is 6.81. The van der Waals surface area contributed by atoms with E-state index in [2.05, 4.69) is 44.1 Å². The highest BCUT2D eigenvalue weighted by Gasteiger charge is 2.18. The molecule has 0 fully saturated rings. The van der Waals surface area contributed by atoms with Crippen LogP contribution in [0.3, 0.4) is 0 Å². The van der Waals surface area contributed by atoms with Crippen LogP contribution in [0.4, 0.5) is 0 Å². The monoisotopic (exact) mass is 395 g/mol. The van der Waals surface area contributed by atoms with E-state index in [1.54, 1.807) is 18.2 Å². The number of aromatic nitrogens is 3. The van der Waals surface area contributed by atoms with Crippen LogP contribution in [0.15, 0.2) is 53.1 Å². The van der Waals surface area contributed by atoms with Gasteiger partial charge in [-0.2, -0.15) is 4.98 Å². The Labute approximate surface area is 169 Å². The van der Waals surface area contributed by atoms with Gasteiger partial charge in [0, 0.05) is 0 Å². The van der Waals surface area contributed by atoms with Crippen LogP contribution >= 0.6 is 0 Å². The third kappa shape index (κ3) is 5.96. The number of carbonyl (C=O) groups excluding carboxylic acids is 1. The predicted molar refractivity (Wildman–Crippen MR) is 107 cm³/mol. The van der Waals surface area contributed by atoms with Crippen LogP contribution in [0, 0.1) is 0 Å². The van der Waals surface area contributed by atoms with Crippen molar-refractivity contribution in [1.82, 2.24) is 15.1 Å². The zero-order chi connectivity index (χ0) is 20.5. The molecule has 0 amide bonds. The minimum atomic E-state index is -0.811. The summed E-state index contributed by atoms with van der Waals surface area (Å²) in [4.78, 5) is 20.0. The molecule has 0 aliphatic carbocycles. The Hall–Kier alpha value is -3.06. The SMILES string of the molecule is COC(=O)c1cccc(-c2noc(C(O)CCCCCCc3ccccc3)n2)n1. The molecule has 3 aromatic rings. The maximum Gasteiger partial charge on any atom is 0.356 e. The van der Waals surface area contributed by atoms with E-state index in [-0.39, 0.29) is 17.4 Å². The van der Waals surface area contributed by atoms with Crippen LogP contribution in [0.5, 0.6) is 0 Å². The van der Waals surface area contributed by atoms with Crippen molar-refractivity contribution in [2.75, 3.05) is 7.11 Å². The third-order valence-corrected chi connectivity index (χ3v) is 4.64. The lowest BCUT2D eigenvalue weighted by atomic mass is 10.0. The first-order valence-corrected chi connectivity index (χ1v) is 9.78. The predicted octanol–water partition coefficient (Wildman–Crippen LogP) is 4.14. The van der Waals surface area contributed by atoms with Crippen molar-refractivity contribution in [2.24, 2.45) is 0 Å². The second-order valence-electron chi connectivity index (χ2n) is 6.81. The smallest absolute Gasteiger partial charge is 0.356 e. The van der Waals surface area contributed by atoms with Crippen molar-refractivity contribution in [1.29, 1.82) is 0 Å². The van der Waals surface area contributed by atoms with Crippen molar-refractivity contribution >= 4 is 5.97 Å². The minimum absolute atomic E-state index is 0.160. The van der Waals surface area contributed by atoms with Gasteiger partial charge in [0.15, 0.2) is 0 Å². The van der Waals surface area contributed by atoms with Crippen molar-refractivity contribution < 1.29 is 19.2 Å². The second kappa shape index (κ2) is 10.5. The molecule has 0 bridgehead atoms. The Bertz CT molecular complexity index is 911. The third-order valence-electron chi connectivity index (χ3n) is 4.64. The summed E-state index contributed by atoms with van der Waals surface area (Å²) in [5.74, 6) is -0.148. The van der Waals surface area contributed by atoms with Crippen molar-refractivity contribution in [3.05, 3.63) is 65.7 Å². The summed E-state index contributed by atoms with van der Waals surface area (Å²) >= 11 is 0. The summed E-state index contributed by atoms with van der Waals surface area (Å²) in [7, 11) is 1.29. The number of hydrogen-bond donors (Lipinski definition) is 1. The summed E-state index contributed by atoms with van der Waals surface area (Å²) in [5, 5.41) is 14.2. The fraction of sp³-hybridized carbons (Fsp3) is 0.364. The fourth-order valence-corrected chi connectivity index (χ4v) is 3.04. The average molecular weight is 395 g/mol. The zero-order valence-corrected chi connectivity index (χ0v) is 16.5. The molecular formula is C22H25N3O4. The van der Waals surface area contributed by atoms with E-state index in [9.17, 15) is 9.90 Å². The molecule has 0 aliphatic heterocycles. The Morgan fingerprint density at radius 3 is 2.62 bits per heavy atom. The van der Waals surface area contributed by atoms with Gasteiger partial charge in [-0.3, -0.25) is 0 Å². The maximum absolute atomic E-state index is 11.6. The van der Waals surface area contributed by atoms with E-state index in [0.717, 1.165) is 32.1 Å². The molecule has 2 heterocycles. The maximum atomic E-state index is 11.6. The van der Waals surface area contributed by atoms with Gasteiger partial charge in [0.1, 0.15) is 17.5 Å². The van der Waals surface area contributed by atoms with E-state index < -0.39 is 12.1 Å². The van der Waals surface area contributed by atoms with Gasteiger partial charge in [0.2, 0.25) is 5.82 Å². The number of aliphatic hydroxyl groups is 1. The Morgan fingerprint density at radius 2 is 1.83 bits per heavy atom. The van der Waals surface area contributed by atoms with E-state index in [0.29, 0.717) is 12.1 Å². The summed E-state index contributed by atoms with van der Waals surface area (Å²) < 4.78 is 9.84. The van der Waals surface area contributed by atoms with Crippen LogP contribution in [-0.4, -0.2) is 33.3 Å². The van der Waals surface area contributed by atoms with Crippen molar-refractivity contribution in [2.45, 2.75) is 44.6 Å². The van der Waals surface area contributed by atoms with Crippen LogP contribution < -0.4 is 0 Å². The highest BCUT2D eigenvalue weighted by Crippen LogP contribution is 2.22. The lowest BCUT2D eigenvalue weighted by molar-refractivity contribution is 0.0594. The number of esters is 1. The lowest BCUT2D eigenvalue weighted by Gasteiger charge is -2.05. The number of hydrogen-bond acceptors (Lipinski definition) is 7. The zero-order valence-electron chi connectivity index (χ0n) is 16.5. The molecule has 0 spiro atoms. The number of aryl methyl sites for hydroxylation is 1. The molecule has 0 saturated heterocycles. The Balaban J connectivity index is 1.44. The molecule has 0 radical (unpaired) electrons. The Kier molecular flexibility index (Phi) is 7.47. The standard InChI is InChI=1S/C22H25N3O4/c1-28-22(27)18-14-9-13-17(23-18)20-24-21(29-25-20)19(26)15-8-3-2-5-10-16-11-6-4-7-12-16/h4,6-7,9,11-14,19,26H,2-3,5,8,10,15H2,1H3. The molecule has 1 N–H and O–H groups in total. The van der Waals surface area contributed by atoms with Gasteiger partial charge in [-0.25, -0.2) is 9.78 Å². The molecule has 7 nitrogen and oxygen atoms in total. The fourth-order valence-electron chi connectivity index (χ4n) is 3.04. The molecule has 0 saturated carbocycles. The minimum Gasteiger partial charge on any atom is -0.464 e. The van der Waals surface area contributed by atoms with Crippen LogP contribution in [0.1, 0.15) is 60.2 Å². The highest BCUT2D eigenvalue weighted by atomic mass is 16.5. The number of unbranched alkanes of at least 4 members (excludes halogenated alkanes) is 3. The van der Waals surface area contributed by atoms with Gasteiger partial charge >= 0.3 is 5.97 Å². The van der Waals surface area contributed by atoms with Gasteiger partial charge in [-0.15, -0.1) is 0 Å². The topological polar surface area (TPSA) is 98.3 Å². The summed E-state index contributed by atoms with van der Waals surface area (Å²) in [6, 6.07) is 15.3. The van der Waals surface area contributed by atoms with E-state index >= 15 is 0 Å². The average Bonchev–Trinajstić information content (AvgIpc) is 3.27. The van der Waals surface area contributed by atoms with Crippen LogP contribution in [0.2, 0.25) is 0 Å². The highest BCUT2D eigenvalue weighted by molar-refractivity contribution is 5.87. The number of nitrogens with zero attached hydrogens (tertiary/aromatic N) is 3. The van der Waals surface area contributed by atoms with Gasteiger partial charge in [0.05, 0.1) is 7.11 Å². The normalized spacial score (nSPS) is 11.9. The molecule has 29 heavy (non-hydrogen) atoms. The van der Waals surface area contributed by atoms with E-state index in [1.807, 2.05) is 6.07 Å². The van der Waals surface area contributed by atoms with Crippen molar-refractivity contribution in [3.63, 3.8) is 0 Å². The molecular weight excluding hydrogens is 370 g/mol. The molecule has 152 valence electrons. The quantitative estimate of drug-likeness (QED) is 0.407. The molecule has 1 aromatic carbocycles. The first-order chi connectivity index (χ1) is 14.2. The first kappa shape index (κ1) is 20.7. The first-order valence-electron chi connectivity index (χ1n) is 9.78. The van der Waals surface area contributed by atoms with E-state index in [4.69, 9.17) is 4.52 Å². The molecule has 2 aromatic heterocycles. The number of ether oxygens (including phenoxy) is 1. The van der Waals surface area contributed by atoms with Gasteiger partial charge in [-0.05, 0) is 37.0 Å². The number of pyridine rings is 1. The molecule has 1 unspecified atom stereocenters. The van der Waals surface area contributed by atoms with Crippen LogP contribution in [0.25, 0.3) is 11.5 Å². The van der Waals surface area contributed by atoms with Crippen LogP contribution in [-0.2, 0) is 11.2 Å². The van der Waals surface area contributed by atoms with E-state index in [1.165, 1.54) is 12.7 Å². The number of carbonyl (C=O) groups is 1. The molecule has 1 atom stereocenters. The molecule has 0 aliphatic rings. The summed E-state index contributed by atoms with van der Waals surface area (Å²) in [5.41, 5.74) is 1.90. The number of benzene rings is 1. The Morgan fingerprint density at radius 1 is 1.03 bits per heavy atom. The van der Waals surface area contributed by atoms with Gasteiger partial charge in [-0.1, -0.05) is 60.8 Å².